The number of morpholine rings is 1. The zero-order valence-electron chi connectivity index (χ0n) is 15.3. The highest BCUT2D eigenvalue weighted by atomic mass is 16.5. The molecule has 1 aromatic heterocycles. The number of aromatic nitrogens is 1. The Labute approximate surface area is 149 Å². The second kappa shape index (κ2) is 8.50. The van der Waals surface area contributed by atoms with Crippen LogP contribution in [0.25, 0.3) is 10.9 Å². The van der Waals surface area contributed by atoms with E-state index in [1.165, 1.54) is 10.9 Å². The molecular formula is C20H29N3O2. The lowest BCUT2D eigenvalue weighted by molar-refractivity contribution is -0.122. The summed E-state index contributed by atoms with van der Waals surface area (Å²) in [4.78, 5) is 14.6. The number of para-hydroxylation sites is 1. The molecule has 1 N–H and O–H groups in total. The number of hydrogen-bond donors (Lipinski definition) is 1. The van der Waals surface area contributed by atoms with Gasteiger partial charge in [0, 0.05) is 50.9 Å². The zero-order valence-corrected chi connectivity index (χ0v) is 15.3. The normalized spacial score (nSPS) is 18.8. The van der Waals surface area contributed by atoms with Crippen LogP contribution in [0.5, 0.6) is 0 Å². The van der Waals surface area contributed by atoms with Crippen molar-refractivity contribution < 1.29 is 9.53 Å². The Bertz CT molecular complexity index is 695. The van der Waals surface area contributed by atoms with Gasteiger partial charge in [-0.1, -0.05) is 32.0 Å². The Kier molecular flexibility index (Phi) is 6.10. The maximum absolute atomic E-state index is 12.2. The van der Waals surface area contributed by atoms with Crippen LogP contribution < -0.4 is 5.32 Å². The molecule has 0 spiro atoms. The summed E-state index contributed by atoms with van der Waals surface area (Å²) in [7, 11) is 0. The summed E-state index contributed by atoms with van der Waals surface area (Å²) < 4.78 is 7.92. The largest absolute Gasteiger partial charge is 0.374 e. The Morgan fingerprint density at radius 1 is 1.32 bits per heavy atom. The zero-order chi connectivity index (χ0) is 17.6. The predicted molar refractivity (Wildman–Crippen MR) is 101 cm³/mol. The second-order valence-electron chi connectivity index (χ2n) is 7.27. The van der Waals surface area contributed by atoms with E-state index in [1.54, 1.807) is 0 Å². The van der Waals surface area contributed by atoms with E-state index >= 15 is 0 Å². The van der Waals surface area contributed by atoms with Gasteiger partial charge in [0.15, 0.2) is 0 Å². The lowest BCUT2D eigenvalue weighted by atomic mass is 10.2. The highest BCUT2D eigenvalue weighted by Crippen LogP contribution is 2.15. The van der Waals surface area contributed by atoms with E-state index < -0.39 is 0 Å². The average molecular weight is 343 g/mol. The number of rotatable bonds is 7. The molecular weight excluding hydrogens is 314 g/mol. The summed E-state index contributed by atoms with van der Waals surface area (Å²) in [5, 5.41) is 4.24. The van der Waals surface area contributed by atoms with E-state index in [9.17, 15) is 4.79 Å². The molecule has 0 aliphatic carbocycles. The first kappa shape index (κ1) is 18.0. The lowest BCUT2D eigenvalue weighted by Gasteiger charge is -2.33. The summed E-state index contributed by atoms with van der Waals surface area (Å²) in [6.45, 7) is 9.50. The molecule has 1 fully saturated rings. The monoisotopic (exact) mass is 343 g/mol. The maximum Gasteiger partial charge on any atom is 0.221 e. The van der Waals surface area contributed by atoms with Crippen LogP contribution in [0.1, 0.15) is 20.3 Å². The number of aryl methyl sites for hydroxylation is 1. The van der Waals surface area contributed by atoms with Crippen molar-refractivity contribution >= 4 is 16.8 Å². The molecule has 1 atom stereocenters. The van der Waals surface area contributed by atoms with Crippen LogP contribution >= 0.6 is 0 Å². The van der Waals surface area contributed by atoms with Crippen molar-refractivity contribution in [2.75, 3.05) is 32.8 Å². The van der Waals surface area contributed by atoms with Crippen molar-refractivity contribution in [2.24, 2.45) is 5.92 Å². The molecule has 25 heavy (non-hydrogen) atoms. The minimum Gasteiger partial charge on any atom is -0.374 e. The Balaban J connectivity index is 1.42. The average Bonchev–Trinajstić information content (AvgIpc) is 3.01. The van der Waals surface area contributed by atoms with Crippen LogP contribution in [-0.2, 0) is 16.1 Å². The van der Waals surface area contributed by atoms with E-state index in [2.05, 4.69) is 46.8 Å². The van der Waals surface area contributed by atoms with Crippen molar-refractivity contribution in [1.82, 2.24) is 14.8 Å². The van der Waals surface area contributed by atoms with Crippen LogP contribution in [0.4, 0.5) is 0 Å². The first-order chi connectivity index (χ1) is 12.1. The fraction of sp³-hybridized carbons (Fsp3) is 0.550. The van der Waals surface area contributed by atoms with Gasteiger partial charge in [0.25, 0.3) is 0 Å². The van der Waals surface area contributed by atoms with E-state index in [0.717, 1.165) is 26.2 Å². The first-order valence-electron chi connectivity index (χ1n) is 9.26. The minimum atomic E-state index is 0.0855. The van der Waals surface area contributed by atoms with E-state index in [4.69, 9.17) is 4.74 Å². The molecule has 1 unspecified atom stereocenters. The number of carbonyl (C=O) groups excluding carboxylic acids is 1. The Hall–Kier alpha value is -1.85. The fourth-order valence-corrected chi connectivity index (χ4v) is 3.46. The predicted octanol–water partition coefficient (Wildman–Crippen LogP) is 2.50. The Morgan fingerprint density at radius 2 is 2.16 bits per heavy atom. The van der Waals surface area contributed by atoms with E-state index in [0.29, 0.717) is 25.4 Å². The first-order valence-corrected chi connectivity index (χ1v) is 9.26. The van der Waals surface area contributed by atoms with Crippen LogP contribution in [0.15, 0.2) is 36.5 Å². The second-order valence-corrected chi connectivity index (χ2v) is 7.27. The smallest absolute Gasteiger partial charge is 0.221 e. The molecule has 3 rings (SSSR count). The summed E-state index contributed by atoms with van der Waals surface area (Å²) >= 11 is 0. The van der Waals surface area contributed by atoms with Crippen molar-refractivity contribution in [3.63, 3.8) is 0 Å². The van der Waals surface area contributed by atoms with Gasteiger partial charge in [-0.2, -0.15) is 0 Å². The number of ether oxygens (including phenoxy) is 1. The molecule has 1 amide bonds. The number of nitrogens with one attached hydrogen (secondary N) is 1. The van der Waals surface area contributed by atoms with Gasteiger partial charge in [-0.3, -0.25) is 9.69 Å². The van der Waals surface area contributed by atoms with E-state index in [1.807, 2.05) is 18.3 Å². The third-order valence-electron chi connectivity index (χ3n) is 4.63. The van der Waals surface area contributed by atoms with Gasteiger partial charge in [-0.05, 0) is 23.4 Å². The summed E-state index contributed by atoms with van der Waals surface area (Å²) in [5.74, 6) is 0.743. The number of benzene rings is 1. The van der Waals surface area contributed by atoms with Crippen molar-refractivity contribution in [3.05, 3.63) is 36.5 Å². The summed E-state index contributed by atoms with van der Waals surface area (Å²) in [6.07, 6.45) is 2.64. The minimum absolute atomic E-state index is 0.0855. The van der Waals surface area contributed by atoms with E-state index in [-0.39, 0.29) is 12.0 Å². The SMILES string of the molecule is CC(C)CN1CCOC(CNC(=O)CCn2ccc3ccccc32)C1. The van der Waals surface area contributed by atoms with Crippen LogP contribution in [-0.4, -0.2) is 54.3 Å². The maximum atomic E-state index is 12.2. The topological polar surface area (TPSA) is 46.5 Å². The molecule has 1 aliphatic rings. The van der Waals surface area contributed by atoms with Gasteiger partial charge in [0.1, 0.15) is 0 Å². The van der Waals surface area contributed by atoms with Crippen molar-refractivity contribution in [1.29, 1.82) is 0 Å². The standard InChI is InChI=1S/C20H29N3O2/c1-16(2)14-22-11-12-25-18(15-22)13-21-20(24)8-10-23-9-7-17-5-3-4-6-19(17)23/h3-7,9,16,18H,8,10-15H2,1-2H3,(H,21,24). The molecule has 2 aromatic rings. The van der Waals surface area contributed by atoms with Crippen LogP contribution in [0.2, 0.25) is 0 Å². The van der Waals surface area contributed by atoms with Gasteiger partial charge in [0.2, 0.25) is 5.91 Å². The summed E-state index contributed by atoms with van der Waals surface area (Å²) in [6, 6.07) is 10.3. The van der Waals surface area contributed by atoms with Crippen molar-refractivity contribution in [2.45, 2.75) is 32.9 Å². The van der Waals surface area contributed by atoms with Gasteiger partial charge in [-0.15, -0.1) is 0 Å². The molecule has 5 heteroatoms. The lowest BCUT2D eigenvalue weighted by Crippen LogP contribution is -2.48. The molecule has 1 aliphatic heterocycles. The van der Waals surface area contributed by atoms with Crippen LogP contribution in [0, 0.1) is 5.92 Å². The molecule has 2 heterocycles. The molecule has 0 bridgehead atoms. The third-order valence-corrected chi connectivity index (χ3v) is 4.63. The van der Waals surface area contributed by atoms with Crippen molar-refractivity contribution in [3.8, 4) is 0 Å². The summed E-state index contributed by atoms with van der Waals surface area (Å²) in [5.41, 5.74) is 1.18. The fourth-order valence-electron chi connectivity index (χ4n) is 3.46. The highest BCUT2D eigenvalue weighted by molar-refractivity contribution is 5.80. The van der Waals surface area contributed by atoms with Gasteiger partial charge < -0.3 is 14.6 Å². The number of carbonyl (C=O) groups is 1. The Morgan fingerprint density at radius 3 is 3.00 bits per heavy atom. The molecule has 1 aromatic carbocycles. The molecule has 1 saturated heterocycles. The number of fused-ring (bicyclic) bond motifs is 1. The number of hydrogen-bond acceptors (Lipinski definition) is 3. The molecule has 0 saturated carbocycles. The van der Waals surface area contributed by atoms with Gasteiger partial charge >= 0.3 is 0 Å². The number of nitrogens with zero attached hydrogens (tertiary/aromatic N) is 2. The molecule has 136 valence electrons. The van der Waals surface area contributed by atoms with Crippen LogP contribution in [0.3, 0.4) is 0 Å². The molecule has 0 radical (unpaired) electrons. The quantitative estimate of drug-likeness (QED) is 0.840. The number of amides is 1. The van der Waals surface area contributed by atoms with Gasteiger partial charge in [0.05, 0.1) is 12.7 Å². The molecule has 5 nitrogen and oxygen atoms in total. The van der Waals surface area contributed by atoms with Gasteiger partial charge in [-0.25, -0.2) is 0 Å². The highest BCUT2D eigenvalue weighted by Gasteiger charge is 2.21. The third kappa shape index (κ3) is 5.06.